The number of rotatable bonds is 3. The van der Waals surface area contributed by atoms with Crippen molar-refractivity contribution in [1.82, 2.24) is 9.97 Å². The number of nitrogens with zero attached hydrogens (tertiary/aromatic N) is 1. The number of fused-ring (bicyclic) bond motifs is 1. The van der Waals surface area contributed by atoms with Crippen LogP contribution in [-0.2, 0) is 0 Å². The van der Waals surface area contributed by atoms with Gasteiger partial charge < -0.3 is 10.1 Å². The molecule has 1 heterocycles. The molecule has 0 bridgehead atoms. The fourth-order valence-electron chi connectivity index (χ4n) is 2.72. The Bertz CT molecular complexity index is 1110. The fourth-order valence-corrected chi connectivity index (χ4v) is 3.02. The average Bonchev–Trinajstić information content (AvgIpc) is 3.06. The van der Waals surface area contributed by atoms with Crippen LogP contribution in [0.2, 0.25) is 10.0 Å². The zero-order valence-electron chi connectivity index (χ0n) is 13.6. The Hall–Kier alpha value is -2.75. The second-order valence-corrected chi connectivity index (χ2v) is 6.78. The topological polar surface area (TPSA) is 48.9 Å². The first-order valence-corrected chi connectivity index (χ1v) is 8.76. The lowest BCUT2D eigenvalue weighted by molar-refractivity contribution is 0.477. The monoisotopic (exact) mass is 380 g/mol. The largest absolute Gasteiger partial charge is 0.507 e. The Balaban J connectivity index is 1.67. The minimum Gasteiger partial charge on any atom is -0.507 e. The molecule has 0 radical (unpaired) electrons. The Morgan fingerprint density at radius 1 is 0.808 bits per heavy atom. The zero-order valence-corrected chi connectivity index (χ0v) is 15.1. The lowest BCUT2D eigenvalue weighted by Crippen LogP contribution is -1.81. The highest BCUT2D eigenvalue weighted by atomic mass is 35.5. The Labute approximate surface area is 160 Å². The molecule has 0 amide bonds. The number of H-pyrrole nitrogens is 1. The summed E-state index contributed by atoms with van der Waals surface area (Å²) >= 11 is 11.9. The Morgan fingerprint density at radius 2 is 1.50 bits per heavy atom. The van der Waals surface area contributed by atoms with Gasteiger partial charge in [-0.05, 0) is 53.6 Å². The van der Waals surface area contributed by atoms with Gasteiger partial charge in [0.1, 0.15) is 11.6 Å². The van der Waals surface area contributed by atoms with E-state index in [-0.39, 0.29) is 5.75 Å². The molecule has 2 N–H and O–H groups in total. The molecule has 0 aliphatic heterocycles. The van der Waals surface area contributed by atoms with E-state index in [1.165, 1.54) is 0 Å². The first kappa shape index (κ1) is 16.7. The summed E-state index contributed by atoms with van der Waals surface area (Å²) in [6, 6.07) is 18.5. The van der Waals surface area contributed by atoms with Crippen molar-refractivity contribution in [3.8, 4) is 17.1 Å². The molecule has 1 aromatic heterocycles. The molecule has 0 aliphatic carbocycles. The van der Waals surface area contributed by atoms with E-state index in [0.717, 1.165) is 27.2 Å². The molecule has 128 valence electrons. The number of benzene rings is 3. The number of aromatic hydroxyl groups is 1. The van der Waals surface area contributed by atoms with Gasteiger partial charge in [-0.3, -0.25) is 0 Å². The maximum atomic E-state index is 10.1. The second-order valence-electron chi connectivity index (χ2n) is 5.91. The van der Waals surface area contributed by atoms with Crippen molar-refractivity contribution in [2.45, 2.75) is 0 Å². The highest BCUT2D eigenvalue weighted by Crippen LogP contribution is 2.31. The van der Waals surface area contributed by atoms with Gasteiger partial charge in [0.2, 0.25) is 0 Å². The summed E-state index contributed by atoms with van der Waals surface area (Å²) in [5.41, 5.74) is 4.40. The number of phenols is 1. The van der Waals surface area contributed by atoms with E-state index in [0.29, 0.717) is 16.4 Å². The zero-order chi connectivity index (χ0) is 18.1. The summed E-state index contributed by atoms with van der Waals surface area (Å²) in [6.07, 6.45) is 4.05. The quantitative estimate of drug-likeness (QED) is 0.403. The molecule has 0 fully saturated rings. The van der Waals surface area contributed by atoms with Crippen LogP contribution in [0.4, 0.5) is 0 Å². The van der Waals surface area contributed by atoms with Gasteiger partial charge in [0, 0.05) is 10.0 Å². The van der Waals surface area contributed by atoms with Gasteiger partial charge >= 0.3 is 0 Å². The van der Waals surface area contributed by atoms with Gasteiger partial charge in [-0.15, -0.1) is 0 Å². The van der Waals surface area contributed by atoms with E-state index >= 15 is 0 Å². The van der Waals surface area contributed by atoms with Crippen LogP contribution < -0.4 is 0 Å². The van der Waals surface area contributed by atoms with E-state index in [2.05, 4.69) is 9.97 Å². The molecule has 3 aromatic carbocycles. The van der Waals surface area contributed by atoms with Crippen LogP contribution in [-0.4, -0.2) is 15.1 Å². The van der Waals surface area contributed by atoms with Gasteiger partial charge in [0.15, 0.2) is 0 Å². The van der Waals surface area contributed by atoms with E-state index in [9.17, 15) is 5.11 Å². The first-order valence-electron chi connectivity index (χ1n) is 8.01. The molecular formula is C21H14Cl2N2O. The van der Waals surface area contributed by atoms with Crippen LogP contribution in [0.5, 0.6) is 5.75 Å². The highest BCUT2D eigenvalue weighted by molar-refractivity contribution is 6.31. The number of aromatic amines is 1. The molecular weight excluding hydrogens is 367 g/mol. The molecule has 0 saturated heterocycles. The maximum absolute atomic E-state index is 10.1. The van der Waals surface area contributed by atoms with Crippen molar-refractivity contribution in [2.24, 2.45) is 0 Å². The van der Waals surface area contributed by atoms with Crippen LogP contribution in [0.3, 0.4) is 0 Å². The molecule has 0 spiro atoms. The number of aromatic nitrogens is 2. The number of phenolic OH excluding ortho intramolecular Hbond substituents is 1. The van der Waals surface area contributed by atoms with Gasteiger partial charge in [-0.2, -0.15) is 0 Å². The summed E-state index contributed by atoms with van der Waals surface area (Å²) in [5.74, 6) is 0.718. The standard InChI is InChI=1S/C21H14Cl2N2O/c22-15-6-3-13(4-7-15)1-2-14-5-9-18-19(11-14)25-21(24-18)17-12-16(23)8-10-20(17)26/h1-12,26H,(H,24,25)/b2-1+. The summed E-state index contributed by atoms with van der Waals surface area (Å²) in [5, 5.41) is 11.3. The number of halogens is 2. The summed E-state index contributed by atoms with van der Waals surface area (Å²) in [7, 11) is 0. The van der Waals surface area contributed by atoms with Crippen molar-refractivity contribution in [3.05, 3.63) is 81.8 Å². The van der Waals surface area contributed by atoms with Crippen molar-refractivity contribution in [2.75, 3.05) is 0 Å². The normalized spacial score (nSPS) is 11.5. The van der Waals surface area contributed by atoms with Gasteiger partial charge in [0.25, 0.3) is 0 Å². The second kappa shape index (κ2) is 6.87. The van der Waals surface area contributed by atoms with E-state index in [1.54, 1.807) is 18.2 Å². The predicted octanol–water partition coefficient (Wildman–Crippen LogP) is 6.41. The fraction of sp³-hybridized carbons (Fsp3) is 0. The SMILES string of the molecule is Oc1ccc(Cl)cc1-c1nc2ccc(/C=C/c3ccc(Cl)cc3)cc2[nH]1. The number of imidazole rings is 1. The van der Waals surface area contributed by atoms with E-state index < -0.39 is 0 Å². The smallest absolute Gasteiger partial charge is 0.142 e. The van der Waals surface area contributed by atoms with Crippen molar-refractivity contribution in [1.29, 1.82) is 0 Å². The molecule has 5 heteroatoms. The third-order valence-corrected chi connectivity index (χ3v) is 4.54. The Kier molecular flexibility index (Phi) is 4.41. The van der Waals surface area contributed by atoms with Crippen LogP contribution >= 0.6 is 23.2 Å². The molecule has 3 nitrogen and oxygen atoms in total. The van der Waals surface area contributed by atoms with E-state index in [1.807, 2.05) is 54.6 Å². The Morgan fingerprint density at radius 3 is 2.31 bits per heavy atom. The van der Waals surface area contributed by atoms with Crippen LogP contribution in [0, 0.1) is 0 Å². The van der Waals surface area contributed by atoms with Crippen molar-refractivity contribution >= 4 is 46.4 Å². The van der Waals surface area contributed by atoms with Gasteiger partial charge in [0.05, 0.1) is 16.6 Å². The lowest BCUT2D eigenvalue weighted by atomic mass is 10.1. The third-order valence-electron chi connectivity index (χ3n) is 4.06. The third kappa shape index (κ3) is 3.45. The van der Waals surface area contributed by atoms with Crippen molar-refractivity contribution in [3.63, 3.8) is 0 Å². The molecule has 26 heavy (non-hydrogen) atoms. The molecule has 4 aromatic rings. The van der Waals surface area contributed by atoms with E-state index in [4.69, 9.17) is 23.2 Å². The predicted molar refractivity (Wildman–Crippen MR) is 109 cm³/mol. The molecule has 0 saturated carbocycles. The molecule has 0 unspecified atom stereocenters. The number of hydrogen-bond acceptors (Lipinski definition) is 2. The van der Waals surface area contributed by atoms with Crippen LogP contribution in [0.1, 0.15) is 11.1 Å². The first-order chi connectivity index (χ1) is 12.6. The summed E-state index contributed by atoms with van der Waals surface area (Å²) < 4.78 is 0. The average molecular weight is 381 g/mol. The van der Waals surface area contributed by atoms with Crippen LogP contribution in [0.25, 0.3) is 34.6 Å². The number of nitrogens with one attached hydrogen (secondary N) is 1. The minimum atomic E-state index is 0.135. The summed E-state index contributed by atoms with van der Waals surface area (Å²) in [4.78, 5) is 7.79. The van der Waals surface area contributed by atoms with Gasteiger partial charge in [-0.1, -0.05) is 53.6 Å². The molecule has 0 aliphatic rings. The minimum absolute atomic E-state index is 0.135. The maximum Gasteiger partial charge on any atom is 0.142 e. The lowest BCUT2D eigenvalue weighted by Gasteiger charge is -2.01. The highest BCUT2D eigenvalue weighted by Gasteiger charge is 2.10. The number of hydrogen-bond donors (Lipinski definition) is 2. The summed E-state index contributed by atoms with van der Waals surface area (Å²) in [6.45, 7) is 0. The van der Waals surface area contributed by atoms with Gasteiger partial charge in [-0.25, -0.2) is 4.98 Å². The molecule has 0 atom stereocenters. The van der Waals surface area contributed by atoms with Crippen molar-refractivity contribution < 1.29 is 5.11 Å². The van der Waals surface area contributed by atoms with Crippen LogP contribution in [0.15, 0.2) is 60.7 Å². The molecule has 4 rings (SSSR count).